The average molecular weight is 282 g/mol. The SMILES string of the molecule is NC(=S)c1cc(F)ccc1NC(=O)CC1CCCO1. The van der Waals surface area contributed by atoms with Crippen molar-refractivity contribution < 1.29 is 13.9 Å². The molecule has 2 rings (SSSR count). The molecule has 102 valence electrons. The topological polar surface area (TPSA) is 64.3 Å². The van der Waals surface area contributed by atoms with Gasteiger partial charge in [0.15, 0.2) is 0 Å². The molecule has 1 saturated heterocycles. The summed E-state index contributed by atoms with van der Waals surface area (Å²) in [6.45, 7) is 0.701. The van der Waals surface area contributed by atoms with E-state index in [1.54, 1.807) is 0 Å². The Kier molecular flexibility index (Phi) is 4.44. The zero-order valence-corrected chi connectivity index (χ0v) is 11.1. The molecule has 3 N–H and O–H groups in total. The molecule has 1 atom stereocenters. The smallest absolute Gasteiger partial charge is 0.227 e. The average Bonchev–Trinajstić information content (AvgIpc) is 2.83. The van der Waals surface area contributed by atoms with Gasteiger partial charge in [-0.2, -0.15) is 0 Å². The second kappa shape index (κ2) is 6.08. The number of benzene rings is 1. The predicted octanol–water partition coefficient (Wildman–Crippen LogP) is 1.97. The first-order chi connectivity index (χ1) is 9.06. The molecular weight excluding hydrogens is 267 g/mol. The Morgan fingerprint density at radius 3 is 3.00 bits per heavy atom. The van der Waals surface area contributed by atoms with Crippen molar-refractivity contribution in [2.45, 2.75) is 25.4 Å². The van der Waals surface area contributed by atoms with Gasteiger partial charge < -0.3 is 15.8 Å². The molecule has 0 saturated carbocycles. The van der Waals surface area contributed by atoms with Crippen LogP contribution >= 0.6 is 12.2 Å². The fourth-order valence-electron chi connectivity index (χ4n) is 2.04. The number of hydrogen-bond acceptors (Lipinski definition) is 3. The molecule has 1 aliphatic rings. The number of amides is 1. The molecule has 0 radical (unpaired) electrons. The third kappa shape index (κ3) is 3.71. The molecule has 6 heteroatoms. The molecule has 1 aliphatic heterocycles. The highest BCUT2D eigenvalue weighted by atomic mass is 32.1. The number of nitrogens with two attached hydrogens (primary N) is 1. The number of thiocarbonyl (C=S) groups is 1. The van der Waals surface area contributed by atoms with Crippen LogP contribution in [0.25, 0.3) is 0 Å². The zero-order chi connectivity index (χ0) is 13.8. The molecule has 1 heterocycles. The molecule has 0 bridgehead atoms. The Labute approximate surface area is 116 Å². The highest BCUT2D eigenvalue weighted by Gasteiger charge is 2.19. The Hall–Kier alpha value is -1.53. The summed E-state index contributed by atoms with van der Waals surface area (Å²) in [4.78, 5) is 11.9. The molecule has 1 amide bonds. The minimum absolute atomic E-state index is 0.0336. The van der Waals surface area contributed by atoms with Gasteiger partial charge in [0.25, 0.3) is 0 Å². The van der Waals surface area contributed by atoms with Crippen LogP contribution in [-0.4, -0.2) is 23.6 Å². The van der Waals surface area contributed by atoms with Crippen molar-refractivity contribution in [2.75, 3.05) is 11.9 Å². The molecule has 0 aliphatic carbocycles. The maximum absolute atomic E-state index is 13.1. The van der Waals surface area contributed by atoms with Crippen LogP contribution in [0.2, 0.25) is 0 Å². The van der Waals surface area contributed by atoms with Crippen LogP contribution in [0, 0.1) is 5.82 Å². The van der Waals surface area contributed by atoms with Gasteiger partial charge >= 0.3 is 0 Å². The minimum atomic E-state index is -0.445. The van der Waals surface area contributed by atoms with Crippen LogP contribution in [0.1, 0.15) is 24.8 Å². The molecule has 1 fully saturated rings. The second-order valence-electron chi connectivity index (χ2n) is 4.44. The van der Waals surface area contributed by atoms with Crippen molar-refractivity contribution in [1.82, 2.24) is 0 Å². The van der Waals surface area contributed by atoms with E-state index in [2.05, 4.69) is 5.32 Å². The van der Waals surface area contributed by atoms with Crippen LogP contribution in [0.4, 0.5) is 10.1 Å². The van der Waals surface area contributed by atoms with Gasteiger partial charge in [-0.3, -0.25) is 4.79 Å². The predicted molar refractivity (Wildman–Crippen MR) is 74.5 cm³/mol. The van der Waals surface area contributed by atoms with Gasteiger partial charge in [-0.1, -0.05) is 12.2 Å². The lowest BCUT2D eigenvalue weighted by molar-refractivity contribution is -0.118. The summed E-state index contributed by atoms with van der Waals surface area (Å²) in [6.07, 6.45) is 2.12. The molecule has 1 aromatic rings. The molecule has 1 unspecified atom stereocenters. The zero-order valence-electron chi connectivity index (χ0n) is 10.3. The van der Waals surface area contributed by atoms with E-state index in [1.165, 1.54) is 18.2 Å². The largest absolute Gasteiger partial charge is 0.389 e. The van der Waals surface area contributed by atoms with E-state index in [-0.39, 0.29) is 23.4 Å². The molecular formula is C13H15FN2O2S. The van der Waals surface area contributed by atoms with Gasteiger partial charge in [0.05, 0.1) is 18.2 Å². The Morgan fingerprint density at radius 1 is 1.58 bits per heavy atom. The maximum atomic E-state index is 13.1. The van der Waals surface area contributed by atoms with Crippen LogP contribution < -0.4 is 11.1 Å². The van der Waals surface area contributed by atoms with Gasteiger partial charge in [-0.05, 0) is 31.0 Å². The molecule has 4 nitrogen and oxygen atoms in total. The quantitative estimate of drug-likeness (QED) is 0.829. The summed E-state index contributed by atoms with van der Waals surface area (Å²) in [5.74, 6) is -0.629. The lowest BCUT2D eigenvalue weighted by atomic mass is 10.1. The Balaban J connectivity index is 2.05. The van der Waals surface area contributed by atoms with Crippen molar-refractivity contribution in [3.05, 3.63) is 29.6 Å². The first-order valence-corrected chi connectivity index (χ1v) is 6.48. The monoisotopic (exact) mass is 282 g/mol. The van der Waals surface area contributed by atoms with Crippen molar-refractivity contribution in [3.8, 4) is 0 Å². The molecule has 0 spiro atoms. The Bertz CT molecular complexity index is 501. The number of carbonyl (C=O) groups is 1. The molecule has 0 aromatic heterocycles. The summed E-state index contributed by atoms with van der Waals surface area (Å²) in [6, 6.07) is 3.92. The second-order valence-corrected chi connectivity index (χ2v) is 4.88. The number of hydrogen-bond donors (Lipinski definition) is 2. The van der Waals surface area contributed by atoms with Crippen LogP contribution in [-0.2, 0) is 9.53 Å². The fourth-order valence-corrected chi connectivity index (χ4v) is 2.21. The van der Waals surface area contributed by atoms with Gasteiger partial charge in [-0.15, -0.1) is 0 Å². The number of carbonyl (C=O) groups excluding carboxylic acids is 1. The summed E-state index contributed by atoms with van der Waals surface area (Å²) >= 11 is 4.84. The third-order valence-electron chi connectivity index (χ3n) is 2.96. The lowest BCUT2D eigenvalue weighted by Gasteiger charge is -2.12. The number of ether oxygens (including phenoxy) is 1. The first-order valence-electron chi connectivity index (χ1n) is 6.07. The van der Waals surface area contributed by atoms with Crippen molar-refractivity contribution in [2.24, 2.45) is 5.73 Å². The standard InChI is InChI=1S/C13H15FN2O2S/c14-8-3-4-11(10(6-8)13(15)19)16-12(17)7-9-2-1-5-18-9/h3-4,6,9H,1-2,5,7H2,(H2,15,19)(H,16,17). The molecule has 1 aromatic carbocycles. The normalized spacial score (nSPS) is 18.3. The number of rotatable bonds is 4. The summed E-state index contributed by atoms with van der Waals surface area (Å²) in [5, 5.41) is 2.69. The van der Waals surface area contributed by atoms with Crippen molar-refractivity contribution in [3.63, 3.8) is 0 Å². The summed E-state index contributed by atoms with van der Waals surface area (Å²) < 4.78 is 18.5. The van der Waals surface area contributed by atoms with Gasteiger partial charge in [-0.25, -0.2) is 4.39 Å². The van der Waals surface area contributed by atoms with Crippen molar-refractivity contribution >= 4 is 28.8 Å². The summed E-state index contributed by atoms with van der Waals surface area (Å²) in [5.41, 5.74) is 6.27. The van der Waals surface area contributed by atoms with Gasteiger partial charge in [0.1, 0.15) is 10.8 Å². The van der Waals surface area contributed by atoms with Gasteiger partial charge in [0.2, 0.25) is 5.91 Å². The van der Waals surface area contributed by atoms with Crippen LogP contribution in [0.3, 0.4) is 0 Å². The van der Waals surface area contributed by atoms with E-state index in [4.69, 9.17) is 22.7 Å². The van der Waals surface area contributed by atoms with Crippen molar-refractivity contribution in [1.29, 1.82) is 0 Å². The molecule has 19 heavy (non-hydrogen) atoms. The van der Waals surface area contributed by atoms with E-state index < -0.39 is 5.82 Å². The maximum Gasteiger partial charge on any atom is 0.227 e. The van der Waals surface area contributed by atoms with Crippen LogP contribution in [0.15, 0.2) is 18.2 Å². The van der Waals surface area contributed by atoms with E-state index in [0.29, 0.717) is 17.9 Å². The number of halogens is 1. The third-order valence-corrected chi connectivity index (χ3v) is 3.18. The minimum Gasteiger partial charge on any atom is -0.389 e. The van der Waals surface area contributed by atoms with Gasteiger partial charge in [0, 0.05) is 12.2 Å². The van der Waals surface area contributed by atoms with E-state index in [0.717, 1.165) is 12.8 Å². The number of nitrogens with one attached hydrogen (secondary N) is 1. The Morgan fingerprint density at radius 2 is 2.37 bits per heavy atom. The van der Waals surface area contributed by atoms with Crippen LogP contribution in [0.5, 0.6) is 0 Å². The highest BCUT2D eigenvalue weighted by molar-refractivity contribution is 7.80. The number of anilines is 1. The fraction of sp³-hybridized carbons (Fsp3) is 0.385. The highest BCUT2D eigenvalue weighted by Crippen LogP contribution is 2.19. The van der Waals surface area contributed by atoms with E-state index in [1.807, 2.05) is 0 Å². The van der Waals surface area contributed by atoms with E-state index >= 15 is 0 Å². The van der Waals surface area contributed by atoms with E-state index in [9.17, 15) is 9.18 Å². The lowest BCUT2D eigenvalue weighted by Crippen LogP contribution is -2.21. The summed E-state index contributed by atoms with van der Waals surface area (Å²) in [7, 11) is 0. The first kappa shape index (κ1) is 13.9.